The number of ether oxygens (including phenoxy) is 2. The Morgan fingerprint density at radius 2 is 1.65 bits per heavy atom. The lowest BCUT2D eigenvalue weighted by atomic mass is 10.3. The standard InChI is InChI=1S/C10H11NO6/c1-16-9(14)5-6(10(15)17-2)11-7(12)3-4-8(11)13/h5H,3-4H2,1-2H3/b6-5-. The first kappa shape index (κ1) is 12.9. The average molecular weight is 241 g/mol. The SMILES string of the molecule is COC(=O)/C=C(/C(=O)OC)N1C(=O)CCC1=O. The van der Waals surface area contributed by atoms with Crippen molar-refractivity contribution in [3.05, 3.63) is 11.8 Å². The van der Waals surface area contributed by atoms with E-state index in [4.69, 9.17) is 0 Å². The lowest BCUT2D eigenvalue weighted by Crippen LogP contribution is -2.33. The highest BCUT2D eigenvalue weighted by atomic mass is 16.5. The van der Waals surface area contributed by atoms with Crippen LogP contribution in [-0.4, -0.2) is 42.9 Å². The molecule has 0 unspecified atom stereocenters. The Balaban J connectivity index is 3.10. The van der Waals surface area contributed by atoms with E-state index in [1.807, 2.05) is 0 Å². The minimum atomic E-state index is -0.945. The third-order valence-corrected chi connectivity index (χ3v) is 2.14. The Hall–Kier alpha value is -2.18. The molecular formula is C10H11NO6. The Morgan fingerprint density at radius 3 is 2.06 bits per heavy atom. The summed E-state index contributed by atoms with van der Waals surface area (Å²) in [4.78, 5) is 45.9. The van der Waals surface area contributed by atoms with Crippen LogP contribution in [0.2, 0.25) is 0 Å². The monoisotopic (exact) mass is 241 g/mol. The molecule has 0 N–H and O–H groups in total. The summed E-state index contributed by atoms with van der Waals surface area (Å²) < 4.78 is 8.74. The second-order valence-electron chi connectivity index (χ2n) is 3.17. The Labute approximate surface area is 97.0 Å². The zero-order valence-corrected chi connectivity index (χ0v) is 9.39. The van der Waals surface area contributed by atoms with Gasteiger partial charge < -0.3 is 9.47 Å². The van der Waals surface area contributed by atoms with E-state index in [-0.39, 0.29) is 12.8 Å². The largest absolute Gasteiger partial charge is 0.466 e. The van der Waals surface area contributed by atoms with Crippen LogP contribution in [0.5, 0.6) is 0 Å². The fourth-order valence-electron chi connectivity index (χ4n) is 1.34. The van der Waals surface area contributed by atoms with Gasteiger partial charge in [0.2, 0.25) is 11.8 Å². The maximum absolute atomic E-state index is 11.4. The van der Waals surface area contributed by atoms with Crippen LogP contribution >= 0.6 is 0 Å². The molecule has 17 heavy (non-hydrogen) atoms. The van der Waals surface area contributed by atoms with Gasteiger partial charge in [-0.05, 0) is 0 Å². The molecule has 0 aliphatic carbocycles. The molecule has 0 radical (unpaired) electrons. The average Bonchev–Trinajstić information content (AvgIpc) is 2.65. The lowest BCUT2D eigenvalue weighted by molar-refractivity contribution is -0.146. The molecule has 1 aliphatic rings. The second kappa shape index (κ2) is 5.24. The van der Waals surface area contributed by atoms with E-state index < -0.39 is 29.5 Å². The van der Waals surface area contributed by atoms with Crippen molar-refractivity contribution in [2.75, 3.05) is 14.2 Å². The molecule has 7 heteroatoms. The van der Waals surface area contributed by atoms with Crippen molar-refractivity contribution in [2.24, 2.45) is 0 Å². The first-order chi connectivity index (χ1) is 8.01. The van der Waals surface area contributed by atoms with Crippen molar-refractivity contribution < 1.29 is 28.7 Å². The third kappa shape index (κ3) is 2.68. The number of carbonyl (C=O) groups is 4. The van der Waals surface area contributed by atoms with Gasteiger partial charge in [-0.15, -0.1) is 0 Å². The maximum Gasteiger partial charge on any atom is 0.355 e. The highest BCUT2D eigenvalue weighted by molar-refractivity contribution is 6.10. The predicted octanol–water partition coefficient (Wildman–Crippen LogP) is -0.635. The molecular weight excluding hydrogens is 230 g/mol. The van der Waals surface area contributed by atoms with E-state index in [9.17, 15) is 19.2 Å². The van der Waals surface area contributed by atoms with Crippen LogP contribution in [-0.2, 0) is 28.7 Å². The molecule has 0 aromatic rings. The summed E-state index contributed by atoms with van der Waals surface area (Å²) >= 11 is 0. The van der Waals surface area contributed by atoms with E-state index in [0.717, 1.165) is 20.3 Å². The van der Waals surface area contributed by atoms with Crippen LogP contribution in [0.3, 0.4) is 0 Å². The predicted molar refractivity (Wildman–Crippen MR) is 53.2 cm³/mol. The van der Waals surface area contributed by atoms with Gasteiger partial charge in [0.05, 0.1) is 20.3 Å². The van der Waals surface area contributed by atoms with Crippen molar-refractivity contribution in [1.82, 2.24) is 4.90 Å². The maximum atomic E-state index is 11.4. The molecule has 0 atom stereocenters. The summed E-state index contributed by atoms with van der Waals surface area (Å²) in [6.45, 7) is 0. The van der Waals surface area contributed by atoms with E-state index in [0.29, 0.717) is 4.90 Å². The van der Waals surface area contributed by atoms with Gasteiger partial charge in [0, 0.05) is 12.8 Å². The molecule has 92 valence electrons. The van der Waals surface area contributed by atoms with Crippen LogP contribution in [0.15, 0.2) is 11.8 Å². The number of hydrogen-bond donors (Lipinski definition) is 0. The van der Waals surface area contributed by atoms with E-state index in [2.05, 4.69) is 9.47 Å². The summed E-state index contributed by atoms with van der Waals surface area (Å²) in [5, 5.41) is 0. The molecule has 1 fully saturated rings. The van der Waals surface area contributed by atoms with E-state index >= 15 is 0 Å². The van der Waals surface area contributed by atoms with Gasteiger partial charge in [0.25, 0.3) is 0 Å². The Kier molecular flexibility index (Phi) is 3.97. The highest BCUT2D eigenvalue weighted by Gasteiger charge is 2.35. The molecule has 1 aliphatic heterocycles. The molecule has 0 saturated carbocycles. The highest BCUT2D eigenvalue weighted by Crippen LogP contribution is 2.19. The zero-order valence-electron chi connectivity index (χ0n) is 9.39. The van der Waals surface area contributed by atoms with Crippen molar-refractivity contribution >= 4 is 23.8 Å². The summed E-state index contributed by atoms with van der Waals surface area (Å²) in [5.41, 5.74) is -0.424. The molecule has 1 rings (SSSR count). The van der Waals surface area contributed by atoms with Gasteiger partial charge in [-0.2, -0.15) is 0 Å². The van der Waals surface area contributed by atoms with Crippen LogP contribution < -0.4 is 0 Å². The minimum Gasteiger partial charge on any atom is -0.466 e. The Morgan fingerprint density at radius 1 is 1.12 bits per heavy atom. The number of likely N-dealkylation sites (tertiary alicyclic amines) is 1. The summed E-state index contributed by atoms with van der Waals surface area (Å²) in [5.74, 6) is -2.89. The number of nitrogens with zero attached hydrogens (tertiary/aromatic N) is 1. The van der Waals surface area contributed by atoms with Crippen molar-refractivity contribution in [1.29, 1.82) is 0 Å². The zero-order chi connectivity index (χ0) is 13.0. The van der Waals surface area contributed by atoms with E-state index in [1.54, 1.807) is 0 Å². The van der Waals surface area contributed by atoms with Crippen molar-refractivity contribution in [2.45, 2.75) is 12.8 Å². The number of esters is 2. The molecule has 0 spiro atoms. The summed E-state index contributed by atoms with van der Waals surface area (Å²) in [7, 11) is 2.19. The first-order valence-corrected chi connectivity index (χ1v) is 4.75. The number of carbonyl (C=O) groups excluding carboxylic acids is 4. The Bertz CT molecular complexity index is 395. The fourth-order valence-corrected chi connectivity index (χ4v) is 1.34. The normalized spacial score (nSPS) is 16.1. The lowest BCUT2D eigenvalue weighted by Gasteiger charge is -2.15. The first-order valence-electron chi connectivity index (χ1n) is 4.75. The van der Waals surface area contributed by atoms with Crippen LogP contribution in [0.4, 0.5) is 0 Å². The van der Waals surface area contributed by atoms with Gasteiger partial charge in [-0.25, -0.2) is 14.5 Å². The number of amides is 2. The molecule has 0 aromatic heterocycles. The summed E-state index contributed by atoms with van der Waals surface area (Å²) in [6, 6.07) is 0. The number of methoxy groups -OCH3 is 2. The number of hydrogen-bond acceptors (Lipinski definition) is 6. The molecule has 7 nitrogen and oxygen atoms in total. The quantitative estimate of drug-likeness (QED) is 0.371. The van der Waals surface area contributed by atoms with Crippen LogP contribution in [0, 0.1) is 0 Å². The van der Waals surface area contributed by atoms with Crippen LogP contribution in [0.25, 0.3) is 0 Å². The number of rotatable bonds is 3. The van der Waals surface area contributed by atoms with Crippen molar-refractivity contribution in [3.63, 3.8) is 0 Å². The van der Waals surface area contributed by atoms with E-state index in [1.165, 1.54) is 0 Å². The molecule has 2 amide bonds. The molecule has 0 bridgehead atoms. The van der Waals surface area contributed by atoms with Gasteiger partial charge in [-0.3, -0.25) is 9.59 Å². The summed E-state index contributed by atoms with van der Waals surface area (Å²) in [6.07, 6.45) is 0.773. The smallest absolute Gasteiger partial charge is 0.355 e. The second-order valence-corrected chi connectivity index (χ2v) is 3.17. The molecule has 1 saturated heterocycles. The minimum absolute atomic E-state index is 0.00827. The topological polar surface area (TPSA) is 90.0 Å². The van der Waals surface area contributed by atoms with Crippen molar-refractivity contribution in [3.8, 4) is 0 Å². The van der Waals surface area contributed by atoms with Crippen LogP contribution in [0.1, 0.15) is 12.8 Å². The van der Waals surface area contributed by atoms with Gasteiger partial charge in [0.15, 0.2) is 0 Å². The van der Waals surface area contributed by atoms with Gasteiger partial charge in [0.1, 0.15) is 5.70 Å². The number of imide groups is 1. The molecule has 1 heterocycles. The molecule has 0 aromatic carbocycles. The fraction of sp³-hybridized carbons (Fsp3) is 0.400. The third-order valence-electron chi connectivity index (χ3n) is 2.14. The van der Waals surface area contributed by atoms with Gasteiger partial charge >= 0.3 is 11.9 Å². The van der Waals surface area contributed by atoms with Gasteiger partial charge in [-0.1, -0.05) is 0 Å².